The van der Waals surface area contributed by atoms with E-state index in [-0.39, 0.29) is 0 Å². The Kier molecular flexibility index (Phi) is 4.75. The fourth-order valence-corrected chi connectivity index (χ4v) is 1.91. The molecular weight excluding hydrogens is 268 g/mol. The molecule has 1 atom stereocenters. The molecule has 1 unspecified atom stereocenters. The van der Waals surface area contributed by atoms with Crippen molar-refractivity contribution < 1.29 is 14.3 Å². The van der Waals surface area contributed by atoms with E-state index in [0.29, 0.717) is 25.4 Å². The van der Waals surface area contributed by atoms with Crippen LogP contribution in [0.1, 0.15) is 20.3 Å². The summed E-state index contributed by atoms with van der Waals surface area (Å²) in [5.41, 5.74) is 5.77. The molecule has 5 nitrogen and oxygen atoms in total. The van der Waals surface area contributed by atoms with Crippen molar-refractivity contribution in [3.8, 4) is 5.75 Å². The molecule has 2 aromatic rings. The Morgan fingerprint density at radius 1 is 1.38 bits per heavy atom. The Hall–Kier alpha value is -2.14. The second kappa shape index (κ2) is 6.54. The highest BCUT2D eigenvalue weighted by Gasteiger charge is 2.29. The summed E-state index contributed by atoms with van der Waals surface area (Å²) in [6, 6.07) is 9.58. The van der Waals surface area contributed by atoms with Crippen molar-refractivity contribution in [2.45, 2.75) is 25.8 Å². The van der Waals surface area contributed by atoms with Crippen LogP contribution in [0.3, 0.4) is 0 Å². The van der Waals surface area contributed by atoms with Crippen LogP contribution in [0.15, 0.2) is 36.5 Å². The fourth-order valence-electron chi connectivity index (χ4n) is 1.91. The average molecular weight is 288 g/mol. The molecule has 112 valence electrons. The predicted molar refractivity (Wildman–Crippen MR) is 81.1 cm³/mol. The lowest BCUT2D eigenvalue weighted by molar-refractivity contribution is -0.149. The third kappa shape index (κ3) is 3.92. The Labute approximate surface area is 124 Å². The third-order valence-corrected chi connectivity index (χ3v) is 3.21. The standard InChI is InChI=1S/C16H20N2O3/c1-3-20-15(19)16(2,17)8-10-21-13-7-6-12-5-4-9-18-14(12)11-13/h4-7,9,11H,3,8,10,17H2,1-2H3. The predicted octanol–water partition coefficient (Wildman–Crippen LogP) is 2.28. The van der Waals surface area contributed by atoms with Crippen LogP contribution in [-0.4, -0.2) is 29.7 Å². The van der Waals surface area contributed by atoms with E-state index in [1.54, 1.807) is 20.0 Å². The van der Waals surface area contributed by atoms with Gasteiger partial charge in [0.05, 0.1) is 18.7 Å². The zero-order chi connectivity index (χ0) is 15.3. The number of esters is 1. The van der Waals surface area contributed by atoms with Gasteiger partial charge in [-0.3, -0.25) is 9.78 Å². The number of carbonyl (C=O) groups is 1. The number of aromatic nitrogens is 1. The molecule has 0 saturated heterocycles. The quantitative estimate of drug-likeness (QED) is 0.825. The smallest absolute Gasteiger partial charge is 0.325 e. The summed E-state index contributed by atoms with van der Waals surface area (Å²) in [6.07, 6.45) is 2.12. The molecule has 1 heterocycles. The molecule has 0 aliphatic heterocycles. The van der Waals surface area contributed by atoms with Gasteiger partial charge in [0, 0.05) is 24.1 Å². The summed E-state index contributed by atoms with van der Waals surface area (Å²) in [5, 5.41) is 1.06. The van der Waals surface area contributed by atoms with E-state index in [1.807, 2.05) is 30.3 Å². The third-order valence-electron chi connectivity index (χ3n) is 3.21. The summed E-state index contributed by atoms with van der Waals surface area (Å²) in [5.74, 6) is 0.301. The van der Waals surface area contributed by atoms with Crippen LogP contribution in [-0.2, 0) is 9.53 Å². The Morgan fingerprint density at radius 2 is 2.19 bits per heavy atom. The number of ether oxygens (including phenoxy) is 2. The number of hydrogen-bond acceptors (Lipinski definition) is 5. The largest absolute Gasteiger partial charge is 0.493 e. The van der Waals surface area contributed by atoms with Gasteiger partial charge < -0.3 is 15.2 Å². The number of nitrogens with two attached hydrogens (primary N) is 1. The molecule has 0 aliphatic carbocycles. The normalized spacial score (nSPS) is 13.7. The number of nitrogens with zero attached hydrogens (tertiary/aromatic N) is 1. The minimum absolute atomic E-state index is 0.322. The van der Waals surface area contributed by atoms with E-state index in [2.05, 4.69) is 4.98 Å². The van der Waals surface area contributed by atoms with Gasteiger partial charge in [-0.25, -0.2) is 0 Å². The van der Waals surface area contributed by atoms with E-state index in [9.17, 15) is 4.79 Å². The van der Waals surface area contributed by atoms with Crippen LogP contribution in [0, 0.1) is 0 Å². The van der Waals surface area contributed by atoms with Gasteiger partial charge >= 0.3 is 5.97 Å². The van der Waals surface area contributed by atoms with Crippen LogP contribution in [0.25, 0.3) is 10.9 Å². The lowest BCUT2D eigenvalue weighted by Crippen LogP contribution is -2.47. The molecule has 0 fully saturated rings. The first-order valence-electron chi connectivity index (χ1n) is 6.96. The Balaban J connectivity index is 1.94. The molecule has 0 amide bonds. The van der Waals surface area contributed by atoms with Gasteiger partial charge in [-0.05, 0) is 32.0 Å². The summed E-state index contributed by atoms with van der Waals surface area (Å²) in [7, 11) is 0. The van der Waals surface area contributed by atoms with Crippen LogP contribution in [0.5, 0.6) is 5.75 Å². The summed E-state index contributed by atoms with van der Waals surface area (Å²) in [4.78, 5) is 15.9. The maximum Gasteiger partial charge on any atom is 0.325 e. The maximum atomic E-state index is 11.7. The lowest BCUT2D eigenvalue weighted by Gasteiger charge is -2.22. The van der Waals surface area contributed by atoms with E-state index in [1.165, 1.54) is 0 Å². The zero-order valence-corrected chi connectivity index (χ0v) is 12.3. The molecule has 1 aromatic heterocycles. The van der Waals surface area contributed by atoms with Gasteiger partial charge in [0.2, 0.25) is 0 Å². The Bertz CT molecular complexity index is 626. The van der Waals surface area contributed by atoms with Crippen molar-refractivity contribution in [2.24, 2.45) is 5.73 Å². The van der Waals surface area contributed by atoms with Crippen molar-refractivity contribution in [1.29, 1.82) is 0 Å². The average Bonchev–Trinajstić information content (AvgIpc) is 2.47. The minimum Gasteiger partial charge on any atom is -0.493 e. The SMILES string of the molecule is CCOC(=O)C(C)(N)CCOc1ccc2cccnc2c1. The molecule has 0 spiro atoms. The molecule has 2 rings (SSSR count). The van der Waals surface area contributed by atoms with E-state index >= 15 is 0 Å². The molecule has 5 heteroatoms. The minimum atomic E-state index is -1.04. The number of pyridine rings is 1. The van der Waals surface area contributed by atoms with Gasteiger partial charge in [-0.1, -0.05) is 6.07 Å². The number of benzene rings is 1. The van der Waals surface area contributed by atoms with Crippen LogP contribution in [0.4, 0.5) is 0 Å². The van der Waals surface area contributed by atoms with Crippen molar-refractivity contribution >= 4 is 16.9 Å². The maximum absolute atomic E-state index is 11.7. The monoisotopic (exact) mass is 288 g/mol. The molecule has 1 aromatic carbocycles. The summed E-state index contributed by atoms with van der Waals surface area (Å²) < 4.78 is 10.6. The number of hydrogen-bond donors (Lipinski definition) is 1. The highest BCUT2D eigenvalue weighted by molar-refractivity contribution is 5.80. The van der Waals surface area contributed by atoms with Crippen LogP contribution in [0.2, 0.25) is 0 Å². The van der Waals surface area contributed by atoms with E-state index in [0.717, 1.165) is 10.9 Å². The van der Waals surface area contributed by atoms with Gasteiger partial charge in [0.1, 0.15) is 11.3 Å². The summed E-state index contributed by atoms with van der Waals surface area (Å²) in [6.45, 7) is 4.07. The van der Waals surface area contributed by atoms with Gasteiger partial charge in [0.15, 0.2) is 0 Å². The van der Waals surface area contributed by atoms with Crippen molar-refractivity contribution in [2.75, 3.05) is 13.2 Å². The molecule has 21 heavy (non-hydrogen) atoms. The molecule has 0 radical (unpaired) electrons. The Morgan fingerprint density at radius 3 is 2.95 bits per heavy atom. The molecular formula is C16H20N2O3. The number of rotatable bonds is 6. The second-order valence-corrected chi connectivity index (χ2v) is 5.09. The molecule has 0 saturated carbocycles. The van der Waals surface area contributed by atoms with E-state index < -0.39 is 11.5 Å². The van der Waals surface area contributed by atoms with E-state index in [4.69, 9.17) is 15.2 Å². The summed E-state index contributed by atoms with van der Waals surface area (Å²) >= 11 is 0. The van der Waals surface area contributed by atoms with Crippen LogP contribution >= 0.6 is 0 Å². The lowest BCUT2D eigenvalue weighted by atomic mass is 10.0. The first-order chi connectivity index (χ1) is 10.0. The highest BCUT2D eigenvalue weighted by atomic mass is 16.5. The zero-order valence-electron chi connectivity index (χ0n) is 12.3. The van der Waals surface area contributed by atoms with Crippen LogP contribution < -0.4 is 10.5 Å². The first-order valence-corrected chi connectivity index (χ1v) is 6.96. The number of carbonyl (C=O) groups excluding carboxylic acids is 1. The second-order valence-electron chi connectivity index (χ2n) is 5.09. The number of fused-ring (bicyclic) bond motifs is 1. The highest BCUT2D eigenvalue weighted by Crippen LogP contribution is 2.19. The van der Waals surface area contributed by atoms with Gasteiger partial charge in [0.25, 0.3) is 0 Å². The topological polar surface area (TPSA) is 74.4 Å². The molecule has 0 bridgehead atoms. The first kappa shape index (κ1) is 15.3. The van der Waals surface area contributed by atoms with Crippen molar-refractivity contribution in [3.63, 3.8) is 0 Å². The fraction of sp³-hybridized carbons (Fsp3) is 0.375. The molecule has 2 N–H and O–H groups in total. The molecule has 0 aliphatic rings. The van der Waals surface area contributed by atoms with Crippen molar-refractivity contribution in [1.82, 2.24) is 4.98 Å². The van der Waals surface area contributed by atoms with Crippen molar-refractivity contribution in [3.05, 3.63) is 36.5 Å². The van der Waals surface area contributed by atoms with Gasteiger partial charge in [-0.2, -0.15) is 0 Å². The van der Waals surface area contributed by atoms with Gasteiger partial charge in [-0.15, -0.1) is 0 Å².